The van der Waals surface area contributed by atoms with Crippen molar-refractivity contribution in [2.75, 3.05) is 71.3 Å². The van der Waals surface area contributed by atoms with E-state index in [-0.39, 0.29) is 30.7 Å². The van der Waals surface area contributed by atoms with Gasteiger partial charge in [0, 0.05) is 41.5 Å². The molecule has 2 amide bonds. The van der Waals surface area contributed by atoms with E-state index in [1.165, 1.54) is 54.9 Å². The Bertz CT molecular complexity index is 1720. The Hall–Kier alpha value is -5.11. The van der Waals surface area contributed by atoms with Gasteiger partial charge in [-0.25, -0.2) is 9.97 Å². The number of nitrogens with one attached hydrogen (secondary N) is 3. The first-order valence-electron chi connectivity index (χ1n) is 16.5. The lowest BCUT2D eigenvalue weighted by atomic mass is 9.80. The third-order valence-corrected chi connectivity index (χ3v) is 7.10. The zero-order valence-corrected chi connectivity index (χ0v) is 28.5. The number of benzene rings is 3. The topological polar surface area (TPSA) is 183 Å². The summed E-state index contributed by atoms with van der Waals surface area (Å²) in [6.45, 7) is 3.34. The molecule has 1 heterocycles. The summed E-state index contributed by atoms with van der Waals surface area (Å²) in [5.74, 6) is -0.523. The Morgan fingerprint density at radius 3 is 1.81 bits per heavy atom. The van der Waals surface area contributed by atoms with Crippen molar-refractivity contribution in [1.29, 1.82) is 0 Å². The largest absolute Gasteiger partial charge is 0.573 e. The summed E-state index contributed by atoms with van der Waals surface area (Å²) in [5.41, 5.74) is 2.80. The molecule has 0 saturated carbocycles. The lowest BCUT2D eigenvalue weighted by molar-refractivity contribution is -0.274. The van der Waals surface area contributed by atoms with Gasteiger partial charge in [0.1, 0.15) is 17.9 Å². The minimum Gasteiger partial charge on any atom is -0.423 e. The van der Waals surface area contributed by atoms with E-state index < -0.39 is 13.5 Å². The molecule has 0 saturated heterocycles. The van der Waals surface area contributed by atoms with E-state index in [2.05, 4.69) is 30.7 Å². The van der Waals surface area contributed by atoms with Crippen molar-refractivity contribution >= 4 is 35.9 Å². The summed E-state index contributed by atoms with van der Waals surface area (Å²) >= 11 is 0. The van der Waals surface area contributed by atoms with Gasteiger partial charge in [-0.3, -0.25) is 9.59 Å². The molecule has 282 valence electrons. The Morgan fingerprint density at radius 1 is 0.679 bits per heavy atom. The maximum Gasteiger partial charge on any atom is 0.573 e. The van der Waals surface area contributed by atoms with Crippen LogP contribution in [0.2, 0.25) is 0 Å². The van der Waals surface area contributed by atoms with Gasteiger partial charge in [0.05, 0.1) is 58.5 Å². The fourth-order valence-corrected chi connectivity index (χ4v) is 4.54. The zero-order valence-electron chi connectivity index (χ0n) is 28.5. The smallest absolute Gasteiger partial charge is 0.423 e. The van der Waals surface area contributed by atoms with Gasteiger partial charge in [-0.2, -0.15) is 0 Å². The van der Waals surface area contributed by atoms with E-state index in [1.54, 1.807) is 30.3 Å². The van der Waals surface area contributed by atoms with Crippen LogP contribution in [0.15, 0.2) is 85.2 Å². The van der Waals surface area contributed by atoms with E-state index in [4.69, 9.17) is 29.0 Å². The highest BCUT2D eigenvalue weighted by atomic mass is 19.4. The Kier molecular flexibility index (Phi) is 16.4. The third kappa shape index (κ3) is 15.2. The molecular weight excluding hydrogens is 702 g/mol. The first kappa shape index (κ1) is 40.7. The molecule has 18 heteroatoms. The van der Waals surface area contributed by atoms with Gasteiger partial charge in [-0.1, -0.05) is 24.3 Å². The van der Waals surface area contributed by atoms with Crippen LogP contribution in [-0.2, 0) is 18.9 Å². The highest BCUT2D eigenvalue weighted by molar-refractivity contribution is 6.58. The second-order valence-electron chi connectivity index (χ2n) is 11.0. The highest BCUT2D eigenvalue weighted by Gasteiger charge is 2.31. The molecule has 4 rings (SSSR count). The van der Waals surface area contributed by atoms with Crippen molar-refractivity contribution in [1.82, 2.24) is 20.6 Å². The zero-order chi connectivity index (χ0) is 37.9. The number of hydrogen-bond donors (Lipinski definition) is 5. The Balaban J connectivity index is 1.01. The summed E-state index contributed by atoms with van der Waals surface area (Å²) in [5, 5.41) is 26.7. The summed E-state index contributed by atoms with van der Waals surface area (Å²) in [7, 11) is -1.58. The number of amides is 2. The van der Waals surface area contributed by atoms with E-state index in [0.29, 0.717) is 92.1 Å². The molecule has 0 aliphatic rings. The second-order valence-corrected chi connectivity index (χ2v) is 11.0. The summed E-state index contributed by atoms with van der Waals surface area (Å²) in [4.78, 5) is 33.2. The molecule has 1 aromatic heterocycles. The van der Waals surface area contributed by atoms with Crippen molar-refractivity contribution in [2.45, 2.75) is 6.36 Å². The number of ether oxygens (including phenoxy) is 5. The van der Waals surface area contributed by atoms with Crippen LogP contribution in [0.25, 0.3) is 11.3 Å². The van der Waals surface area contributed by atoms with Gasteiger partial charge >= 0.3 is 13.5 Å². The number of carbonyl (C=O) groups is 2. The first-order valence-corrected chi connectivity index (χ1v) is 16.5. The fourth-order valence-electron chi connectivity index (χ4n) is 4.54. The maximum atomic E-state index is 12.7. The molecule has 3 aromatic carbocycles. The minimum atomic E-state index is -4.78. The molecule has 4 aromatic rings. The molecule has 0 atom stereocenters. The van der Waals surface area contributed by atoms with Gasteiger partial charge < -0.3 is 49.7 Å². The van der Waals surface area contributed by atoms with E-state index in [0.717, 1.165) is 0 Å². The highest BCUT2D eigenvalue weighted by Crippen LogP contribution is 2.26. The number of carbonyl (C=O) groups excluding carboxylic acids is 2. The van der Waals surface area contributed by atoms with Gasteiger partial charge in [0.2, 0.25) is 0 Å². The van der Waals surface area contributed by atoms with Crippen molar-refractivity contribution in [3.05, 3.63) is 96.3 Å². The third-order valence-electron chi connectivity index (χ3n) is 7.10. The van der Waals surface area contributed by atoms with Crippen LogP contribution in [0.3, 0.4) is 0 Å². The Labute approximate surface area is 303 Å². The van der Waals surface area contributed by atoms with Gasteiger partial charge in [0.25, 0.3) is 11.8 Å². The van der Waals surface area contributed by atoms with Crippen LogP contribution in [0, 0.1) is 0 Å². The molecule has 0 radical (unpaired) electrons. The molecule has 0 aliphatic heterocycles. The summed E-state index contributed by atoms with van der Waals surface area (Å²) in [6, 6.07) is 19.7. The number of halogens is 3. The lowest BCUT2D eigenvalue weighted by Gasteiger charge is -2.11. The van der Waals surface area contributed by atoms with Gasteiger partial charge in [-0.05, 0) is 54.0 Å². The van der Waals surface area contributed by atoms with E-state index >= 15 is 0 Å². The van der Waals surface area contributed by atoms with Crippen LogP contribution in [0.1, 0.15) is 20.7 Å². The molecular formula is C35H39BF3N5O9. The summed E-state index contributed by atoms with van der Waals surface area (Å²) < 4.78 is 63.0. The monoisotopic (exact) mass is 741 g/mol. The normalized spacial score (nSPS) is 11.2. The number of hydrogen-bond acceptors (Lipinski definition) is 12. The number of anilines is 2. The minimum absolute atomic E-state index is 0.285. The average Bonchev–Trinajstić information content (AvgIpc) is 3.15. The van der Waals surface area contributed by atoms with Gasteiger partial charge in [-0.15, -0.1) is 13.2 Å². The number of rotatable bonds is 22. The average molecular weight is 742 g/mol. The van der Waals surface area contributed by atoms with Crippen LogP contribution in [-0.4, -0.2) is 111 Å². The van der Waals surface area contributed by atoms with Crippen LogP contribution in [0.4, 0.5) is 24.7 Å². The molecule has 53 heavy (non-hydrogen) atoms. The van der Waals surface area contributed by atoms with Crippen molar-refractivity contribution in [3.63, 3.8) is 0 Å². The predicted molar refractivity (Wildman–Crippen MR) is 188 cm³/mol. The number of nitrogens with zero attached hydrogens (tertiary/aromatic N) is 2. The van der Waals surface area contributed by atoms with E-state index in [9.17, 15) is 22.8 Å². The molecule has 0 spiro atoms. The number of aromatic nitrogens is 2. The van der Waals surface area contributed by atoms with Crippen molar-refractivity contribution in [2.24, 2.45) is 0 Å². The van der Waals surface area contributed by atoms with Gasteiger partial charge in [0.15, 0.2) is 0 Å². The molecule has 0 bridgehead atoms. The predicted octanol–water partition coefficient (Wildman–Crippen LogP) is 2.69. The molecule has 14 nitrogen and oxygen atoms in total. The lowest BCUT2D eigenvalue weighted by Crippen LogP contribution is -2.31. The second kappa shape index (κ2) is 21.4. The van der Waals surface area contributed by atoms with Crippen LogP contribution >= 0.6 is 0 Å². The van der Waals surface area contributed by atoms with Crippen molar-refractivity contribution < 1.29 is 56.5 Å². The fraction of sp³-hybridized carbons (Fsp3) is 0.314. The first-order chi connectivity index (χ1) is 25.6. The van der Waals surface area contributed by atoms with Crippen molar-refractivity contribution in [3.8, 4) is 17.0 Å². The van der Waals surface area contributed by atoms with E-state index in [1.807, 2.05) is 0 Å². The Morgan fingerprint density at radius 2 is 1.25 bits per heavy atom. The molecule has 5 N–H and O–H groups in total. The molecule has 0 aliphatic carbocycles. The van der Waals surface area contributed by atoms with Crippen LogP contribution in [0.5, 0.6) is 5.75 Å². The maximum absolute atomic E-state index is 12.7. The van der Waals surface area contributed by atoms with Crippen LogP contribution < -0.4 is 26.2 Å². The summed E-state index contributed by atoms with van der Waals surface area (Å²) in [6.07, 6.45) is -3.44. The molecule has 0 unspecified atom stereocenters. The standard InChI is InChI=1S/C35H39BF3N5O9/c37-35(38,39)53-30-10-8-29(9-11-30)44-32-23-31(42-24-43-32)26-2-1-3-27(22-26)34(46)41-13-15-50-17-19-52-21-20-51-18-16-49-14-12-40-33(45)25-4-6-28(7-5-25)36(47)48/h1-11,22-24,47-48H,12-21H2,(H,40,45)(H,41,46)(H,42,43,44). The SMILES string of the molecule is O=C(NCCOCCOCCOCCOCCNC(=O)c1cccc(-c2cc(Nc3ccc(OC(F)(F)F)cc3)ncn2)c1)c1ccc(B(O)O)cc1. The quantitative estimate of drug-likeness (QED) is 0.0588. The number of alkyl halides is 3. The molecule has 0 fully saturated rings.